The van der Waals surface area contributed by atoms with E-state index in [1.54, 1.807) is 12.1 Å². The summed E-state index contributed by atoms with van der Waals surface area (Å²) in [5, 5.41) is 13.3. The van der Waals surface area contributed by atoms with Crippen LogP contribution in [-0.2, 0) is 0 Å². The fourth-order valence-electron chi connectivity index (χ4n) is 5.37. The number of hydrogen-bond donors (Lipinski definition) is 2. The molecule has 3 aromatic carbocycles. The molecule has 2 atom stereocenters. The number of fused-ring (bicyclic) bond motifs is 1. The first-order valence-corrected chi connectivity index (χ1v) is 11.7. The van der Waals surface area contributed by atoms with Crippen LogP contribution in [0.4, 0.5) is 5.69 Å². The number of benzene rings is 3. The molecule has 0 bridgehead atoms. The van der Waals surface area contributed by atoms with Crippen LogP contribution in [-0.4, -0.2) is 38.4 Å². The zero-order valence-electron chi connectivity index (χ0n) is 18.7. The molecule has 1 saturated heterocycles. The van der Waals surface area contributed by atoms with Crippen molar-refractivity contribution >= 4 is 5.69 Å². The lowest BCUT2D eigenvalue weighted by Crippen LogP contribution is -2.36. The molecule has 166 valence electrons. The highest BCUT2D eigenvalue weighted by atomic mass is 16.5. The first-order chi connectivity index (χ1) is 15.7. The maximum absolute atomic E-state index is 9.97. The van der Waals surface area contributed by atoms with Crippen molar-refractivity contribution in [3.63, 3.8) is 0 Å². The van der Waals surface area contributed by atoms with Crippen LogP contribution >= 0.6 is 0 Å². The molecule has 4 nitrogen and oxygen atoms in total. The largest absolute Gasteiger partial charge is 0.508 e. The molecule has 1 unspecified atom stereocenters. The van der Waals surface area contributed by atoms with Gasteiger partial charge in [-0.2, -0.15) is 0 Å². The third kappa shape index (κ3) is 4.20. The molecule has 5 rings (SSSR count). The van der Waals surface area contributed by atoms with E-state index in [1.165, 1.54) is 29.7 Å². The van der Waals surface area contributed by atoms with Crippen LogP contribution in [0.15, 0.2) is 72.8 Å². The molecule has 2 heterocycles. The standard InChI is InChI=1S/C28H32N2O2/c1-29-18-20-13-15-30(16-14-20)23-9-7-22(8-10-23)28-25-12-11-24(31)17-27(25)32-19-26(28)21-5-3-2-4-6-21/h2-12,17,20,26,28-29,31H,13-16,18-19H2,1H3/t26-,28?/m1/s1. The number of rotatable bonds is 5. The van der Waals surface area contributed by atoms with Crippen molar-refractivity contribution in [2.75, 3.05) is 38.2 Å². The Morgan fingerprint density at radius 3 is 2.41 bits per heavy atom. The minimum atomic E-state index is 0.192. The summed E-state index contributed by atoms with van der Waals surface area (Å²) < 4.78 is 6.10. The number of phenols is 1. The highest BCUT2D eigenvalue weighted by Gasteiger charge is 2.33. The normalized spacial score (nSPS) is 21.1. The van der Waals surface area contributed by atoms with Gasteiger partial charge in [0, 0.05) is 42.2 Å². The Bertz CT molecular complexity index is 1030. The number of anilines is 1. The van der Waals surface area contributed by atoms with Crippen LogP contribution in [0.5, 0.6) is 11.5 Å². The molecular weight excluding hydrogens is 396 g/mol. The van der Waals surface area contributed by atoms with E-state index in [2.05, 4.69) is 64.8 Å². The van der Waals surface area contributed by atoms with Gasteiger partial charge in [0.25, 0.3) is 0 Å². The highest BCUT2D eigenvalue weighted by molar-refractivity contribution is 5.54. The van der Waals surface area contributed by atoms with E-state index in [0.29, 0.717) is 6.61 Å². The summed E-state index contributed by atoms with van der Waals surface area (Å²) in [5.74, 6) is 2.25. The molecule has 2 aliphatic heterocycles. The number of hydrogen-bond acceptors (Lipinski definition) is 4. The second kappa shape index (κ2) is 9.25. The molecule has 0 saturated carbocycles. The molecular formula is C28H32N2O2. The quantitative estimate of drug-likeness (QED) is 0.591. The van der Waals surface area contributed by atoms with E-state index in [0.717, 1.165) is 36.9 Å². The number of aromatic hydroxyl groups is 1. The van der Waals surface area contributed by atoms with E-state index in [-0.39, 0.29) is 17.6 Å². The lowest BCUT2D eigenvalue weighted by atomic mass is 9.76. The fourth-order valence-corrected chi connectivity index (χ4v) is 5.37. The number of nitrogens with one attached hydrogen (secondary N) is 1. The maximum Gasteiger partial charge on any atom is 0.126 e. The van der Waals surface area contributed by atoms with Gasteiger partial charge < -0.3 is 20.1 Å². The van der Waals surface area contributed by atoms with E-state index < -0.39 is 0 Å². The van der Waals surface area contributed by atoms with Crippen LogP contribution in [0, 0.1) is 5.92 Å². The summed E-state index contributed by atoms with van der Waals surface area (Å²) in [4.78, 5) is 2.51. The van der Waals surface area contributed by atoms with Crippen LogP contribution in [0.1, 0.15) is 41.4 Å². The molecule has 0 aromatic heterocycles. The molecule has 2 N–H and O–H groups in total. The number of phenolic OH excluding ortho intramolecular Hbond substituents is 1. The molecule has 0 spiro atoms. The van der Waals surface area contributed by atoms with Gasteiger partial charge in [0.1, 0.15) is 11.5 Å². The predicted octanol–water partition coefficient (Wildman–Crippen LogP) is 5.14. The predicted molar refractivity (Wildman–Crippen MR) is 130 cm³/mol. The number of nitrogens with zero attached hydrogens (tertiary/aromatic N) is 1. The summed E-state index contributed by atoms with van der Waals surface area (Å²) in [6.07, 6.45) is 2.49. The van der Waals surface area contributed by atoms with Gasteiger partial charge in [-0.3, -0.25) is 0 Å². The Labute approximate surface area is 190 Å². The zero-order valence-corrected chi connectivity index (χ0v) is 18.7. The first kappa shape index (κ1) is 20.9. The van der Waals surface area contributed by atoms with Gasteiger partial charge in [-0.1, -0.05) is 48.5 Å². The molecule has 4 heteroatoms. The fraction of sp³-hybridized carbons (Fsp3) is 0.357. The van der Waals surface area contributed by atoms with Crippen LogP contribution in [0.2, 0.25) is 0 Å². The van der Waals surface area contributed by atoms with Crippen LogP contribution < -0.4 is 15.0 Å². The molecule has 0 amide bonds. The summed E-state index contributed by atoms with van der Waals surface area (Å²) >= 11 is 0. The summed E-state index contributed by atoms with van der Waals surface area (Å²) in [6, 6.07) is 25.3. The van der Waals surface area contributed by atoms with Gasteiger partial charge in [0.05, 0.1) is 6.61 Å². The van der Waals surface area contributed by atoms with Crippen molar-refractivity contribution < 1.29 is 9.84 Å². The summed E-state index contributed by atoms with van der Waals surface area (Å²) in [5.41, 5.74) is 5.03. The third-order valence-electron chi connectivity index (χ3n) is 7.11. The van der Waals surface area contributed by atoms with E-state index >= 15 is 0 Å². The van der Waals surface area contributed by atoms with Crippen molar-refractivity contribution in [3.05, 3.63) is 89.5 Å². The Kier molecular flexibility index (Phi) is 6.04. The number of ether oxygens (including phenoxy) is 1. The average molecular weight is 429 g/mol. The van der Waals surface area contributed by atoms with Gasteiger partial charge in [-0.05, 0) is 61.7 Å². The topological polar surface area (TPSA) is 44.7 Å². The van der Waals surface area contributed by atoms with Crippen molar-refractivity contribution in [1.82, 2.24) is 5.32 Å². The minimum absolute atomic E-state index is 0.192. The maximum atomic E-state index is 9.97. The molecule has 3 aromatic rings. The lowest BCUT2D eigenvalue weighted by molar-refractivity contribution is 0.248. The van der Waals surface area contributed by atoms with Crippen LogP contribution in [0.25, 0.3) is 0 Å². The van der Waals surface area contributed by atoms with Crippen molar-refractivity contribution in [2.45, 2.75) is 24.7 Å². The summed E-state index contributed by atoms with van der Waals surface area (Å²) in [6.45, 7) is 3.97. The van der Waals surface area contributed by atoms with Crippen molar-refractivity contribution in [2.24, 2.45) is 5.92 Å². The van der Waals surface area contributed by atoms with E-state index in [4.69, 9.17) is 4.74 Å². The monoisotopic (exact) mass is 428 g/mol. The minimum Gasteiger partial charge on any atom is -0.508 e. The SMILES string of the molecule is CNCC1CCN(c2ccc(C3c4ccc(O)cc4OC[C@@H]3c3ccccc3)cc2)CC1. The molecule has 0 aliphatic carbocycles. The van der Waals surface area contributed by atoms with E-state index in [1.807, 2.05) is 13.1 Å². The van der Waals surface area contributed by atoms with E-state index in [9.17, 15) is 5.11 Å². The highest BCUT2D eigenvalue weighted by Crippen LogP contribution is 2.47. The second-order valence-electron chi connectivity index (χ2n) is 9.11. The second-order valence-corrected chi connectivity index (χ2v) is 9.11. The Hall–Kier alpha value is -2.98. The lowest BCUT2D eigenvalue weighted by Gasteiger charge is -2.36. The van der Waals surface area contributed by atoms with Crippen LogP contribution in [0.3, 0.4) is 0 Å². The van der Waals surface area contributed by atoms with Gasteiger partial charge in [0.2, 0.25) is 0 Å². The molecule has 0 radical (unpaired) electrons. The molecule has 2 aliphatic rings. The first-order valence-electron chi connectivity index (χ1n) is 11.7. The van der Waals surface area contributed by atoms with Gasteiger partial charge >= 0.3 is 0 Å². The Morgan fingerprint density at radius 1 is 0.938 bits per heavy atom. The van der Waals surface area contributed by atoms with Gasteiger partial charge in [-0.25, -0.2) is 0 Å². The molecule has 1 fully saturated rings. The molecule has 32 heavy (non-hydrogen) atoms. The number of piperidine rings is 1. The van der Waals surface area contributed by atoms with Gasteiger partial charge in [-0.15, -0.1) is 0 Å². The average Bonchev–Trinajstić information content (AvgIpc) is 2.84. The van der Waals surface area contributed by atoms with Crippen molar-refractivity contribution in [1.29, 1.82) is 0 Å². The van der Waals surface area contributed by atoms with Crippen molar-refractivity contribution in [3.8, 4) is 11.5 Å². The Morgan fingerprint density at radius 2 is 1.69 bits per heavy atom. The smallest absolute Gasteiger partial charge is 0.126 e. The summed E-state index contributed by atoms with van der Waals surface area (Å²) in [7, 11) is 2.05. The Balaban J connectivity index is 1.43. The van der Waals surface area contributed by atoms with Gasteiger partial charge in [0.15, 0.2) is 0 Å². The third-order valence-corrected chi connectivity index (χ3v) is 7.11. The zero-order chi connectivity index (χ0) is 21.9.